The molecule has 1 unspecified atom stereocenters. The van der Waals surface area contributed by atoms with Crippen molar-refractivity contribution >= 4 is 31.3 Å². The van der Waals surface area contributed by atoms with Gasteiger partial charge in [-0.05, 0) is 0 Å². The topological polar surface area (TPSA) is 169 Å². The summed E-state index contributed by atoms with van der Waals surface area (Å²) in [6.07, 6.45) is -1.17. The summed E-state index contributed by atoms with van der Waals surface area (Å²) in [5.74, 6) is -1.12. The molecule has 0 aliphatic carbocycles. The first kappa shape index (κ1) is 20.6. The van der Waals surface area contributed by atoms with Gasteiger partial charge in [0.1, 0.15) is 6.10 Å². The molecule has 1 saturated heterocycles. The highest BCUT2D eigenvalue weighted by molar-refractivity contribution is 7.32. The highest BCUT2D eigenvalue weighted by atomic mass is 31.1. The summed E-state index contributed by atoms with van der Waals surface area (Å²) in [5, 5.41) is 12.0. The van der Waals surface area contributed by atoms with E-state index in [0.717, 1.165) is 0 Å². The number of carbonyl (C=O) groups excluding carboxylic acids is 1. The van der Waals surface area contributed by atoms with E-state index >= 15 is 0 Å². The molecule has 1 amide bonds. The molecule has 1 fully saturated rings. The number of anilines is 1. The van der Waals surface area contributed by atoms with Crippen molar-refractivity contribution in [3.63, 3.8) is 0 Å². The van der Waals surface area contributed by atoms with Crippen LogP contribution in [-0.4, -0.2) is 54.2 Å². The van der Waals surface area contributed by atoms with Crippen LogP contribution in [0.5, 0.6) is 0 Å². The molecule has 0 radical (unpaired) electrons. The van der Waals surface area contributed by atoms with Crippen molar-refractivity contribution in [3.05, 3.63) is 16.7 Å². The minimum atomic E-state index is -3.29. The lowest BCUT2D eigenvalue weighted by Gasteiger charge is -2.21. The number of hydrogen-bond donors (Lipinski definition) is 4. The average Bonchev–Trinajstić information content (AvgIpc) is 3.16. The van der Waals surface area contributed by atoms with Gasteiger partial charge in [-0.3, -0.25) is 29.0 Å². The number of fused-ring (bicyclic) bond motifs is 1. The van der Waals surface area contributed by atoms with E-state index in [1.54, 1.807) is 20.8 Å². The van der Waals surface area contributed by atoms with Gasteiger partial charge in [0, 0.05) is 11.8 Å². The Hall–Kier alpha value is -2.11. The first-order chi connectivity index (χ1) is 13.2. The lowest BCUT2D eigenvalue weighted by Crippen LogP contribution is -2.27. The zero-order valence-corrected chi connectivity index (χ0v) is 16.4. The van der Waals surface area contributed by atoms with Crippen LogP contribution >= 0.6 is 8.25 Å². The third-order valence-electron chi connectivity index (χ3n) is 4.59. The van der Waals surface area contributed by atoms with Crippen molar-refractivity contribution in [1.29, 1.82) is 0 Å². The number of hydrogen-bond acceptors (Lipinski definition) is 8. The molecule has 13 heteroatoms. The Balaban J connectivity index is 2.04. The molecule has 0 spiro atoms. The fourth-order valence-corrected chi connectivity index (χ4v) is 3.56. The van der Waals surface area contributed by atoms with Crippen LogP contribution in [0.4, 0.5) is 5.95 Å². The molecular formula is C15H22N5O7P. The van der Waals surface area contributed by atoms with Crippen LogP contribution in [0.3, 0.4) is 0 Å². The van der Waals surface area contributed by atoms with Gasteiger partial charge in [0.25, 0.3) is 5.56 Å². The normalized spacial score (nSPS) is 26.1. The van der Waals surface area contributed by atoms with Crippen molar-refractivity contribution in [2.24, 2.45) is 11.8 Å². The maximum atomic E-state index is 12.3. The third kappa shape index (κ3) is 3.87. The first-order valence-corrected chi connectivity index (χ1v) is 9.93. The molecule has 0 bridgehead atoms. The Kier molecular flexibility index (Phi) is 5.96. The zero-order valence-electron chi connectivity index (χ0n) is 15.4. The Labute approximate surface area is 159 Å². The van der Waals surface area contributed by atoms with Gasteiger partial charge in [0.05, 0.1) is 19.0 Å². The summed E-state index contributed by atoms with van der Waals surface area (Å²) in [6, 6.07) is 0. The van der Waals surface area contributed by atoms with Gasteiger partial charge in [0.15, 0.2) is 17.4 Å². The molecule has 2 aromatic rings. The predicted octanol–water partition coefficient (Wildman–Crippen LogP) is 0.00710. The van der Waals surface area contributed by atoms with Gasteiger partial charge in [0.2, 0.25) is 11.9 Å². The highest BCUT2D eigenvalue weighted by Crippen LogP contribution is 2.40. The molecular weight excluding hydrogens is 393 g/mol. The number of aromatic amines is 1. The van der Waals surface area contributed by atoms with Gasteiger partial charge in [-0.1, -0.05) is 20.8 Å². The predicted molar refractivity (Wildman–Crippen MR) is 97.9 cm³/mol. The van der Waals surface area contributed by atoms with E-state index < -0.39 is 38.2 Å². The first-order valence-electron chi connectivity index (χ1n) is 8.66. The number of aliphatic hydroxyl groups excluding tert-OH is 1. The molecule has 0 aromatic carbocycles. The second-order valence-electron chi connectivity index (χ2n) is 6.84. The molecule has 5 atom stereocenters. The quantitative estimate of drug-likeness (QED) is 0.475. The number of ether oxygens (including phenoxy) is 1. The van der Waals surface area contributed by atoms with Gasteiger partial charge < -0.3 is 19.3 Å². The highest BCUT2D eigenvalue weighted by Gasteiger charge is 2.45. The summed E-state index contributed by atoms with van der Waals surface area (Å²) in [4.78, 5) is 44.1. The number of rotatable bonds is 6. The Bertz CT molecular complexity index is 958. The van der Waals surface area contributed by atoms with Crippen LogP contribution in [0.25, 0.3) is 11.2 Å². The minimum Gasteiger partial charge on any atom is -0.394 e. The lowest BCUT2D eigenvalue weighted by molar-refractivity contribution is -0.118. The molecule has 28 heavy (non-hydrogen) atoms. The van der Waals surface area contributed by atoms with E-state index in [1.165, 1.54) is 10.9 Å². The number of imidazole rings is 1. The summed E-state index contributed by atoms with van der Waals surface area (Å²) >= 11 is 0. The number of nitrogens with zero attached hydrogens (tertiary/aromatic N) is 3. The second kappa shape index (κ2) is 8.10. The Morgan fingerprint density at radius 2 is 2.25 bits per heavy atom. The van der Waals surface area contributed by atoms with Crippen molar-refractivity contribution < 1.29 is 28.6 Å². The smallest absolute Gasteiger partial charge is 0.317 e. The molecule has 2 aromatic heterocycles. The Morgan fingerprint density at radius 1 is 1.54 bits per heavy atom. The van der Waals surface area contributed by atoms with Crippen LogP contribution < -0.4 is 10.9 Å². The van der Waals surface area contributed by atoms with E-state index in [0.29, 0.717) is 0 Å². The maximum absolute atomic E-state index is 12.3. The third-order valence-corrected chi connectivity index (χ3v) is 5.06. The standard InChI is InChI=1S/C15H22N5O7P/c1-6(2)12(22)18-15-17-11-9(13(23)19-15)16-5-20(11)14-10(27-28(24)25)7(3)8(4-21)26-14/h5-8,10,14,21,28H,4H2,1-3H3,(H,24,25)(H2,17,18,19,22,23)/t7-,8-,10-,14-/m1/s1. The molecule has 3 heterocycles. The average molecular weight is 415 g/mol. The lowest BCUT2D eigenvalue weighted by atomic mass is 10.0. The van der Waals surface area contributed by atoms with Crippen molar-refractivity contribution in [1.82, 2.24) is 19.5 Å². The van der Waals surface area contributed by atoms with Crippen molar-refractivity contribution in [3.8, 4) is 0 Å². The number of nitrogens with one attached hydrogen (secondary N) is 2. The van der Waals surface area contributed by atoms with Gasteiger partial charge in [-0.25, -0.2) is 4.98 Å². The molecule has 12 nitrogen and oxygen atoms in total. The summed E-state index contributed by atoms with van der Waals surface area (Å²) in [5.41, 5.74) is -0.466. The van der Waals surface area contributed by atoms with E-state index in [9.17, 15) is 24.2 Å². The number of aromatic nitrogens is 4. The minimum absolute atomic E-state index is 0.00153. The summed E-state index contributed by atoms with van der Waals surface area (Å²) in [6.45, 7) is 4.78. The van der Waals surface area contributed by atoms with Gasteiger partial charge in [-0.2, -0.15) is 4.98 Å². The van der Waals surface area contributed by atoms with Crippen LogP contribution in [0, 0.1) is 11.8 Å². The maximum Gasteiger partial charge on any atom is 0.317 e. The van der Waals surface area contributed by atoms with Crippen LogP contribution in [0.1, 0.15) is 27.0 Å². The Morgan fingerprint density at radius 3 is 2.86 bits per heavy atom. The SMILES string of the molecule is CC(C)C(=O)Nc1nc2c(ncn2[C@@H]2O[C@H](CO)[C@@H](C)[C@H]2O[PH](=O)O)c(=O)[nH]1. The van der Waals surface area contributed by atoms with Crippen molar-refractivity contribution in [2.75, 3.05) is 11.9 Å². The van der Waals surface area contributed by atoms with E-state index in [2.05, 4.69) is 20.3 Å². The van der Waals surface area contributed by atoms with E-state index in [-0.39, 0.29) is 35.5 Å². The number of H-pyrrole nitrogens is 1. The monoisotopic (exact) mass is 415 g/mol. The molecule has 154 valence electrons. The van der Waals surface area contributed by atoms with E-state index in [4.69, 9.17) is 9.26 Å². The fourth-order valence-electron chi connectivity index (χ4n) is 3.00. The second-order valence-corrected chi connectivity index (χ2v) is 7.61. The van der Waals surface area contributed by atoms with Gasteiger partial charge >= 0.3 is 8.25 Å². The summed E-state index contributed by atoms with van der Waals surface area (Å²) in [7, 11) is -3.29. The molecule has 0 saturated carbocycles. The summed E-state index contributed by atoms with van der Waals surface area (Å²) < 4.78 is 23.5. The number of amides is 1. The number of carbonyl (C=O) groups is 1. The molecule has 1 aliphatic heterocycles. The molecule has 3 rings (SSSR count). The zero-order chi connectivity index (χ0) is 20.6. The van der Waals surface area contributed by atoms with Crippen LogP contribution in [0.15, 0.2) is 11.1 Å². The van der Waals surface area contributed by atoms with E-state index in [1.807, 2.05) is 0 Å². The molecule has 4 N–H and O–H groups in total. The fraction of sp³-hybridized carbons (Fsp3) is 0.600. The largest absolute Gasteiger partial charge is 0.394 e. The molecule has 1 aliphatic rings. The van der Waals surface area contributed by atoms with Crippen LogP contribution in [0.2, 0.25) is 0 Å². The van der Waals surface area contributed by atoms with Crippen molar-refractivity contribution in [2.45, 2.75) is 39.2 Å². The van der Waals surface area contributed by atoms with Crippen LogP contribution in [-0.2, 0) is 18.6 Å². The number of aliphatic hydroxyl groups is 1. The van der Waals surface area contributed by atoms with Gasteiger partial charge in [-0.15, -0.1) is 0 Å².